The van der Waals surface area contributed by atoms with Crippen LogP contribution in [0.5, 0.6) is 11.5 Å². The summed E-state index contributed by atoms with van der Waals surface area (Å²) in [5.41, 5.74) is 0.876. The van der Waals surface area contributed by atoms with Crippen LogP contribution in [0.4, 0.5) is 0 Å². The van der Waals surface area contributed by atoms with Crippen molar-refractivity contribution in [3.8, 4) is 11.5 Å². The van der Waals surface area contributed by atoms with E-state index in [0.29, 0.717) is 40.2 Å². The molecule has 8 nitrogen and oxygen atoms in total. The highest BCUT2D eigenvalue weighted by atomic mass is 32.2. The lowest BCUT2D eigenvalue weighted by molar-refractivity contribution is -0.122. The number of carbonyl (C=O) groups is 2. The number of hydrogen-bond acceptors (Lipinski definition) is 8. The van der Waals surface area contributed by atoms with E-state index in [9.17, 15) is 9.59 Å². The first-order chi connectivity index (χ1) is 16.6. The van der Waals surface area contributed by atoms with Gasteiger partial charge in [-0.1, -0.05) is 36.5 Å². The molecule has 2 amide bonds. The molecule has 10 heteroatoms. The number of morpholine rings is 1. The molecular formula is C24H31N3O5S2. The second-order valence-corrected chi connectivity index (χ2v) is 10.1. The van der Waals surface area contributed by atoms with Crippen molar-refractivity contribution in [3.63, 3.8) is 0 Å². The monoisotopic (exact) mass is 505 g/mol. The van der Waals surface area contributed by atoms with Gasteiger partial charge < -0.3 is 19.5 Å². The minimum atomic E-state index is -0.0642. The summed E-state index contributed by atoms with van der Waals surface area (Å²) in [6.45, 7) is 6.06. The molecule has 0 spiro atoms. The van der Waals surface area contributed by atoms with Crippen LogP contribution in [-0.2, 0) is 14.3 Å². The normalized spacial score (nSPS) is 19.3. The Balaban J connectivity index is 1.11. The van der Waals surface area contributed by atoms with Gasteiger partial charge in [0.1, 0.15) is 4.32 Å². The summed E-state index contributed by atoms with van der Waals surface area (Å²) in [6, 6.07) is 5.60. The first kappa shape index (κ1) is 25.0. The first-order valence-electron chi connectivity index (χ1n) is 11.8. The molecule has 0 saturated carbocycles. The first-order valence-corrected chi connectivity index (χ1v) is 13.0. The van der Waals surface area contributed by atoms with Crippen LogP contribution in [-0.4, -0.2) is 78.7 Å². The highest BCUT2D eigenvalue weighted by Crippen LogP contribution is 2.36. The molecule has 0 aromatic heterocycles. The zero-order valence-corrected chi connectivity index (χ0v) is 20.9. The largest absolute Gasteiger partial charge is 0.454 e. The van der Waals surface area contributed by atoms with E-state index in [-0.39, 0.29) is 18.6 Å². The van der Waals surface area contributed by atoms with Crippen LogP contribution >= 0.6 is 24.0 Å². The molecule has 2 saturated heterocycles. The maximum Gasteiger partial charge on any atom is 0.266 e. The van der Waals surface area contributed by atoms with E-state index >= 15 is 0 Å². The van der Waals surface area contributed by atoms with Crippen LogP contribution in [0.2, 0.25) is 0 Å². The van der Waals surface area contributed by atoms with E-state index in [1.165, 1.54) is 11.8 Å². The fraction of sp³-hybridized carbons (Fsp3) is 0.542. The van der Waals surface area contributed by atoms with Gasteiger partial charge in [0.2, 0.25) is 12.7 Å². The van der Waals surface area contributed by atoms with Gasteiger partial charge >= 0.3 is 0 Å². The quantitative estimate of drug-likeness (QED) is 0.279. The zero-order chi connectivity index (χ0) is 23.8. The average molecular weight is 506 g/mol. The third kappa shape index (κ3) is 6.94. The molecule has 1 N–H and O–H groups in total. The second kappa shape index (κ2) is 12.5. The summed E-state index contributed by atoms with van der Waals surface area (Å²) < 4.78 is 16.7. The topological polar surface area (TPSA) is 80.3 Å². The van der Waals surface area contributed by atoms with Gasteiger partial charge in [-0.2, -0.15) is 0 Å². The van der Waals surface area contributed by atoms with Gasteiger partial charge in [0, 0.05) is 32.6 Å². The molecule has 0 bridgehead atoms. The molecule has 3 aliphatic heterocycles. The van der Waals surface area contributed by atoms with Crippen molar-refractivity contribution in [2.45, 2.75) is 32.1 Å². The van der Waals surface area contributed by atoms with E-state index in [2.05, 4.69) is 10.2 Å². The molecule has 0 aliphatic carbocycles. The molecule has 1 aromatic rings. The highest BCUT2D eigenvalue weighted by Gasteiger charge is 2.31. The third-order valence-corrected chi connectivity index (χ3v) is 7.31. The Kier molecular flexibility index (Phi) is 9.20. The van der Waals surface area contributed by atoms with Crippen molar-refractivity contribution in [2.24, 2.45) is 0 Å². The maximum absolute atomic E-state index is 12.8. The fourth-order valence-corrected chi connectivity index (χ4v) is 5.33. The average Bonchev–Trinajstić information content (AvgIpc) is 3.41. The predicted octanol–water partition coefficient (Wildman–Crippen LogP) is 3.02. The number of nitrogens with one attached hydrogen (secondary N) is 1. The molecule has 3 heterocycles. The third-order valence-electron chi connectivity index (χ3n) is 5.93. The van der Waals surface area contributed by atoms with Crippen molar-refractivity contribution in [1.29, 1.82) is 0 Å². The smallest absolute Gasteiger partial charge is 0.266 e. The Labute approximate surface area is 210 Å². The number of ether oxygens (including phenoxy) is 3. The second-order valence-electron chi connectivity index (χ2n) is 8.41. The SMILES string of the molecule is O=C(CCCCCN1C(=O)C(=Cc2ccc3c(c2)OCO3)SC1=S)NCCCN1CCOCC1. The lowest BCUT2D eigenvalue weighted by Crippen LogP contribution is -2.38. The number of thiocarbonyl (C=S) groups is 1. The van der Waals surface area contributed by atoms with E-state index < -0.39 is 0 Å². The van der Waals surface area contributed by atoms with Crippen molar-refractivity contribution >= 4 is 46.2 Å². The van der Waals surface area contributed by atoms with Crippen molar-refractivity contribution in [3.05, 3.63) is 28.7 Å². The van der Waals surface area contributed by atoms with Crippen molar-refractivity contribution in [1.82, 2.24) is 15.1 Å². The maximum atomic E-state index is 12.8. The van der Waals surface area contributed by atoms with Crippen LogP contribution in [0, 0.1) is 0 Å². The number of nitrogens with zero attached hydrogens (tertiary/aromatic N) is 2. The number of fused-ring (bicyclic) bond motifs is 1. The summed E-state index contributed by atoms with van der Waals surface area (Å²) in [5.74, 6) is 1.43. The van der Waals surface area contributed by atoms with Gasteiger partial charge in [-0.3, -0.25) is 19.4 Å². The summed E-state index contributed by atoms with van der Waals surface area (Å²) in [5, 5.41) is 3.00. The van der Waals surface area contributed by atoms with Gasteiger partial charge in [0.15, 0.2) is 11.5 Å². The summed E-state index contributed by atoms with van der Waals surface area (Å²) in [7, 11) is 0. The van der Waals surface area contributed by atoms with Crippen LogP contribution < -0.4 is 14.8 Å². The molecule has 4 rings (SSSR count). The molecule has 184 valence electrons. The lowest BCUT2D eigenvalue weighted by Gasteiger charge is -2.26. The van der Waals surface area contributed by atoms with E-state index in [0.717, 1.165) is 64.1 Å². The van der Waals surface area contributed by atoms with E-state index in [4.69, 9.17) is 26.4 Å². The number of thioether (sulfide) groups is 1. The number of carbonyl (C=O) groups excluding carboxylic acids is 2. The number of rotatable bonds is 11. The van der Waals surface area contributed by atoms with Crippen molar-refractivity contribution < 1.29 is 23.8 Å². The van der Waals surface area contributed by atoms with Crippen molar-refractivity contribution in [2.75, 3.05) is 52.7 Å². The molecule has 0 radical (unpaired) electrons. The highest BCUT2D eigenvalue weighted by molar-refractivity contribution is 8.26. The Morgan fingerprint density at radius 1 is 1.09 bits per heavy atom. The summed E-state index contributed by atoms with van der Waals surface area (Å²) in [6.07, 6.45) is 5.80. The molecule has 0 unspecified atom stereocenters. The minimum absolute atomic E-state index is 0.0642. The van der Waals surface area contributed by atoms with E-state index in [1.807, 2.05) is 24.3 Å². The van der Waals surface area contributed by atoms with Gasteiger partial charge in [0.25, 0.3) is 5.91 Å². The molecule has 2 fully saturated rings. The lowest BCUT2D eigenvalue weighted by atomic mass is 10.1. The summed E-state index contributed by atoms with van der Waals surface area (Å²) >= 11 is 6.75. The van der Waals surface area contributed by atoms with Gasteiger partial charge in [-0.15, -0.1) is 0 Å². The van der Waals surface area contributed by atoms with Crippen LogP contribution in [0.15, 0.2) is 23.1 Å². The Morgan fingerprint density at radius 3 is 2.76 bits per heavy atom. The van der Waals surface area contributed by atoms with Gasteiger partial charge in [0.05, 0.1) is 18.1 Å². The Hall–Kier alpha value is -2.14. The Bertz CT molecular complexity index is 933. The number of hydrogen-bond donors (Lipinski definition) is 1. The Morgan fingerprint density at radius 2 is 1.91 bits per heavy atom. The standard InChI is InChI=1S/C24H31N3O5S2/c28-22(25-8-4-9-26-11-13-30-14-12-26)5-2-1-3-10-27-23(29)21(34-24(27)33)16-18-6-7-19-20(15-18)32-17-31-19/h6-7,15-16H,1-5,8-14,17H2,(H,25,28). The molecular weight excluding hydrogens is 474 g/mol. The molecule has 1 aromatic carbocycles. The number of benzene rings is 1. The van der Waals surface area contributed by atoms with Gasteiger partial charge in [-0.25, -0.2) is 0 Å². The molecule has 3 aliphatic rings. The molecule has 34 heavy (non-hydrogen) atoms. The number of amides is 2. The molecule has 0 atom stereocenters. The minimum Gasteiger partial charge on any atom is -0.454 e. The van der Waals surface area contributed by atoms with E-state index in [1.54, 1.807) is 4.90 Å². The van der Waals surface area contributed by atoms with Crippen LogP contribution in [0.3, 0.4) is 0 Å². The predicted molar refractivity (Wildman–Crippen MR) is 136 cm³/mol. The summed E-state index contributed by atoms with van der Waals surface area (Å²) in [4.78, 5) is 29.5. The number of unbranched alkanes of at least 4 members (excludes halogenated alkanes) is 2. The zero-order valence-electron chi connectivity index (χ0n) is 19.3. The fourth-order valence-electron chi connectivity index (χ4n) is 4.02. The van der Waals surface area contributed by atoms with Gasteiger partial charge in [-0.05, 0) is 49.6 Å². The van der Waals surface area contributed by atoms with Crippen LogP contribution in [0.25, 0.3) is 6.08 Å². The van der Waals surface area contributed by atoms with Crippen LogP contribution in [0.1, 0.15) is 37.7 Å².